The van der Waals surface area contributed by atoms with E-state index in [-0.39, 0.29) is 0 Å². The van der Waals surface area contributed by atoms with E-state index in [1.54, 1.807) is 0 Å². The Kier molecular flexibility index (Phi) is 5.50. The summed E-state index contributed by atoms with van der Waals surface area (Å²) >= 11 is 0. The van der Waals surface area contributed by atoms with E-state index in [4.69, 9.17) is 0 Å². The van der Waals surface area contributed by atoms with Crippen LogP contribution in [0.25, 0.3) is 0 Å². The maximum atomic E-state index is 3.70. The number of rotatable bonds is 4. The number of piperidine rings is 1. The quantitative estimate of drug-likeness (QED) is 0.823. The Morgan fingerprint density at radius 1 is 0.944 bits per heavy atom. The Morgan fingerprint density at radius 3 is 2.11 bits per heavy atom. The number of hydrogen-bond acceptors (Lipinski definition) is 2. The van der Waals surface area contributed by atoms with E-state index in [2.05, 4.69) is 31.0 Å². The molecule has 1 heterocycles. The highest BCUT2D eigenvalue weighted by molar-refractivity contribution is 4.89. The molecule has 18 heavy (non-hydrogen) atoms. The lowest BCUT2D eigenvalue weighted by Gasteiger charge is -2.46. The predicted molar refractivity (Wildman–Crippen MR) is 79.0 cm³/mol. The van der Waals surface area contributed by atoms with Gasteiger partial charge in [0.15, 0.2) is 0 Å². The van der Waals surface area contributed by atoms with Crippen LogP contribution in [0.2, 0.25) is 0 Å². The lowest BCUT2D eigenvalue weighted by atomic mass is 9.86. The molecular formula is C16H32N2. The van der Waals surface area contributed by atoms with Crippen LogP contribution in [-0.2, 0) is 0 Å². The minimum atomic E-state index is 0.802. The fourth-order valence-electron chi connectivity index (χ4n) is 4.09. The first-order valence-corrected chi connectivity index (χ1v) is 8.23. The molecule has 0 aromatic rings. The first-order valence-electron chi connectivity index (χ1n) is 8.23. The van der Waals surface area contributed by atoms with E-state index >= 15 is 0 Å². The summed E-state index contributed by atoms with van der Waals surface area (Å²) in [5.41, 5.74) is 0. The second-order valence-electron chi connectivity index (χ2n) is 6.54. The summed E-state index contributed by atoms with van der Waals surface area (Å²) in [6, 6.07) is 3.31. The van der Waals surface area contributed by atoms with Crippen molar-refractivity contribution in [2.45, 2.75) is 96.3 Å². The zero-order valence-corrected chi connectivity index (χ0v) is 12.6. The van der Waals surface area contributed by atoms with E-state index in [1.165, 1.54) is 57.9 Å². The largest absolute Gasteiger partial charge is 0.314 e. The normalized spacial score (nSPS) is 38.8. The molecule has 0 unspecified atom stereocenters. The number of nitrogens with zero attached hydrogens (tertiary/aromatic N) is 1. The van der Waals surface area contributed by atoms with Crippen molar-refractivity contribution in [3.05, 3.63) is 0 Å². The molecule has 1 N–H and O–H groups in total. The maximum Gasteiger partial charge on any atom is 0.0102 e. The number of nitrogens with one attached hydrogen (secondary N) is 1. The summed E-state index contributed by atoms with van der Waals surface area (Å²) in [5.74, 6) is 0. The molecule has 0 spiro atoms. The van der Waals surface area contributed by atoms with Crippen LogP contribution < -0.4 is 5.32 Å². The fraction of sp³-hybridized carbons (Fsp3) is 1.00. The molecule has 0 aromatic carbocycles. The van der Waals surface area contributed by atoms with Gasteiger partial charge in [0.2, 0.25) is 0 Å². The Balaban J connectivity index is 1.81. The third kappa shape index (κ3) is 3.48. The smallest absolute Gasteiger partial charge is 0.0102 e. The Bertz CT molecular complexity index is 223. The molecule has 0 bridgehead atoms. The van der Waals surface area contributed by atoms with Crippen molar-refractivity contribution >= 4 is 0 Å². The van der Waals surface area contributed by atoms with Gasteiger partial charge in [0.05, 0.1) is 0 Å². The summed E-state index contributed by atoms with van der Waals surface area (Å²) in [4.78, 5) is 2.85. The lowest BCUT2D eigenvalue weighted by Crippen LogP contribution is -2.52. The van der Waals surface area contributed by atoms with Gasteiger partial charge in [0, 0.05) is 24.2 Å². The minimum absolute atomic E-state index is 0.802. The lowest BCUT2D eigenvalue weighted by molar-refractivity contribution is 0.0331. The highest BCUT2D eigenvalue weighted by Gasteiger charge is 2.33. The van der Waals surface area contributed by atoms with Gasteiger partial charge in [-0.05, 0) is 65.3 Å². The average molecular weight is 252 g/mol. The third-order valence-corrected chi connectivity index (χ3v) is 5.06. The van der Waals surface area contributed by atoms with Gasteiger partial charge in [0.25, 0.3) is 0 Å². The molecule has 2 nitrogen and oxygen atoms in total. The Labute approximate surface area is 114 Å². The maximum absolute atomic E-state index is 3.70. The van der Waals surface area contributed by atoms with Crippen LogP contribution in [0.15, 0.2) is 0 Å². The van der Waals surface area contributed by atoms with Crippen LogP contribution in [0.5, 0.6) is 0 Å². The second-order valence-corrected chi connectivity index (χ2v) is 6.54. The molecule has 2 aliphatic rings. The molecule has 1 aliphatic carbocycles. The van der Waals surface area contributed by atoms with Crippen LogP contribution in [0.3, 0.4) is 0 Å². The molecule has 2 heteroatoms. The van der Waals surface area contributed by atoms with Crippen LogP contribution in [0.4, 0.5) is 0 Å². The van der Waals surface area contributed by atoms with Crippen molar-refractivity contribution in [2.75, 3.05) is 6.54 Å². The van der Waals surface area contributed by atoms with Crippen molar-refractivity contribution in [3.63, 3.8) is 0 Å². The predicted octanol–water partition coefficient (Wildman–Crippen LogP) is 3.56. The van der Waals surface area contributed by atoms with Gasteiger partial charge < -0.3 is 5.32 Å². The van der Waals surface area contributed by atoms with Gasteiger partial charge in [-0.3, -0.25) is 4.90 Å². The molecule has 0 amide bonds. The SMILES string of the molecule is CCCNC1CCC(N2[C@H](C)CCC[C@@H]2C)CC1. The van der Waals surface area contributed by atoms with Gasteiger partial charge in [-0.2, -0.15) is 0 Å². The van der Waals surface area contributed by atoms with E-state index < -0.39 is 0 Å². The second kappa shape index (κ2) is 6.91. The first-order chi connectivity index (χ1) is 8.72. The number of hydrogen-bond donors (Lipinski definition) is 1. The van der Waals surface area contributed by atoms with Crippen LogP contribution in [0, 0.1) is 0 Å². The molecule has 106 valence electrons. The number of likely N-dealkylation sites (tertiary alicyclic amines) is 1. The average Bonchev–Trinajstić information content (AvgIpc) is 2.37. The Hall–Kier alpha value is -0.0800. The van der Waals surface area contributed by atoms with E-state index in [1.807, 2.05) is 0 Å². The van der Waals surface area contributed by atoms with Crippen molar-refractivity contribution in [2.24, 2.45) is 0 Å². The highest BCUT2D eigenvalue weighted by atomic mass is 15.2. The molecule has 0 radical (unpaired) electrons. The van der Waals surface area contributed by atoms with Crippen LogP contribution in [-0.4, -0.2) is 35.6 Å². The topological polar surface area (TPSA) is 15.3 Å². The van der Waals surface area contributed by atoms with E-state index in [0.717, 1.165) is 24.2 Å². The molecule has 1 saturated heterocycles. The van der Waals surface area contributed by atoms with Gasteiger partial charge in [-0.1, -0.05) is 13.3 Å². The summed E-state index contributed by atoms with van der Waals surface area (Å²) in [7, 11) is 0. The van der Waals surface area contributed by atoms with Crippen molar-refractivity contribution in [1.82, 2.24) is 10.2 Å². The highest BCUT2D eigenvalue weighted by Crippen LogP contribution is 2.31. The molecule has 2 atom stereocenters. The molecule has 2 rings (SSSR count). The van der Waals surface area contributed by atoms with Crippen molar-refractivity contribution in [3.8, 4) is 0 Å². The van der Waals surface area contributed by atoms with Crippen molar-refractivity contribution in [1.29, 1.82) is 0 Å². The van der Waals surface area contributed by atoms with Gasteiger partial charge in [-0.15, -0.1) is 0 Å². The summed E-state index contributed by atoms with van der Waals surface area (Å²) < 4.78 is 0. The molecule has 2 fully saturated rings. The van der Waals surface area contributed by atoms with Gasteiger partial charge >= 0.3 is 0 Å². The standard InChI is InChI=1S/C16H32N2/c1-4-12-17-15-8-10-16(11-9-15)18-13(2)6-5-7-14(18)3/h13-17H,4-12H2,1-3H3/t13-,14+,15?,16?. The van der Waals surface area contributed by atoms with Crippen LogP contribution >= 0.6 is 0 Å². The molecule has 1 saturated carbocycles. The summed E-state index contributed by atoms with van der Waals surface area (Å²) in [6.45, 7) is 8.34. The van der Waals surface area contributed by atoms with Gasteiger partial charge in [0.1, 0.15) is 0 Å². The van der Waals surface area contributed by atoms with Gasteiger partial charge in [-0.25, -0.2) is 0 Å². The fourth-order valence-corrected chi connectivity index (χ4v) is 4.09. The summed E-state index contributed by atoms with van der Waals surface area (Å²) in [5, 5.41) is 3.70. The summed E-state index contributed by atoms with van der Waals surface area (Å²) in [6.07, 6.45) is 11.1. The van der Waals surface area contributed by atoms with E-state index in [0.29, 0.717) is 0 Å². The zero-order chi connectivity index (χ0) is 13.0. The van der Waals surface area contributed by atoms with Crippen molar-refractivity contribution < 1.29 is 0 Å². The molecule has 0 aromatic heterocycles. The zero-order valence-electron chi connectivity index (χ0n) is 12.6. The third-order valence-electron chi connectivity index (χ3n) is 5.06. The molecular weight excluding hydrogens is 220 g/mol. The minimum Gasteiger partial charge on any atom is -0.314 e. The molecule has 1 aliphatic heterocycles. The van der Waals surface area contributed by atoms with Crippen LogP contribution in [0.1, 0.15) is 72.1 Å². The first kappa shape index (κ1) is 14.3. The Morgan fingerprint density at radius 2 is 1.56 bits per heavy atom. The monoisotopic (exact) mass is 252 g/mol. The van der Waals surface area contributed by atoms with E-state index in [9.17, 15) is 0 Å².